The van der Waals surface area contributed by atoms with Crippen molar-refractivity contribution in [3.63, 3.8) is 0 Å². The van der Waals surface area contributed by atoms with Gasteiger partial charge >= 0.3 is 116 Å². The topological polar surface area (TPSA) is 9.23 Å². The van der Waals surface area contributed by atoms with Gasteiger partial charge in [-0.3, -0.25) is 0 Å². The molecule has 0 spiro atoms. The molecule has 0 saturated heterocycles. The second kappa shape index (κ2) is 27.1. The van der Waals surface area contributed by atoms with Crippen molar-refractivity contribution in [1.82, 2.24) is 0 Å². The van der Waals surface area contributed by atoms with E-state index in [0.29, 0.717) is 0 Å². The van der Waals surface area contributed by atoms with Crippen molar-refractivity contribution in [3.8, 4) is 0 Å². The van der Waals surface area contributed by atoms with E-state index in [-0.39, 0.29) is 7.43 Å². The summed E-state index contributed by atoms with van der Waals surface area (Å²) >= 11 is 4.59. The normalized spacial score (nSPS) is 7.00. The van der Waals surface area contributed by atoms with Gasteiger partial charge in [0.25, 0.3) is 0 Å². The fourth-order valence-electron chi connectivity index (χ4n) is 0. The Hall–Kier alpha value is 1.63. The van der Waals surface area contributed by atoms with Gasteiger partial charge in [0.05, 0.1) is 0 Å². The number of rotatable bonds is 1. The summed E-state index contributed by atoms with van der Waals surface area (Å²) in [5, 5.41) is 0. The van der Waals surface area contributed by atoms with E-state index in [4.69, 9.17) is 4.74 Å². The van der Waals surface area contributed by atoms with E-state index in [1.165, 1.54) is 27.1 Å². The number of hydrogen-bond donors (Lipinski definition) is 0. The molecule has 0 aromatic heterocycles. The van der Waals surface area contributed by atoms with Crippen molar-refractivity contribution in [2.24, 2.45) is 5.92 Å². The second-order valence-corrected chi connectivity index (χ2v) is 12.2. The maximum atomic E-state index is 4.70. The summed E-state index contributed by atoms with van der Waals surface area (Å²) in [6, 6.07) is 0. The molecule has 0 bridgehead atoms. The van der Waals surface area contributed by atoms with Gasteiger partial charge in [-0.05, 0) is 5.92 Å². The summed E-state index contributed by atoms with van der Waals surface area (Å²) in [5.41, 5.74) is 0. The Morgan fingerprint density at radius 2 is 0.833 bits per heavy atom. The van der Waals surface area contributed by atoms with Gasteiger partial charge in [-0.2, -0.15) is 0 Å². The molecule has 0 aromatic carbocycles. The fraction of sp³-hybridized carbons (Fsp3) is 0.786. The quantitative estimate of drug-likeness (QED) is 0.391. The molecule has 0 N–H and O–H groups in total. The van der Waals surface area contributed by atoms with Crippen LogP contribution in [0.1, 0.15) is 62.8 Å². The molecule has 112 valence electrons. The molecule has 1 nitrogen and oxygen atoms in total. The minimum atomic E-state index is 0. The van der Waals surface area contributed by atoms with Gasteiger partial charge in [0, 0.05) is 0 Å². The van der Waals surface area contributed by atoms with Crippen LogP contribution in [0.3, 0.4) is 0 Å². The Kier molecular flexibility index (Phi) is 47.9. The van der Waals surface area contributed by atoms with Crippen LogP contribution >= 0.6 is 0 Å². The second-order valence-electron chi connectivity index (χ2n) is 4.24. The molecular weight excluding hydrogens is 736 g/mol. The zero-order chi connectivity index (χ0) is 15.0. The van der Waals surface area contributed by atoms with Gasteiger partial charge < -0.3 is 0 Å². The zero-order valence-electron chi connectivity index (χ0n) is 12.7. The van der Waals surface area contributed by atoms with Crippen molar-refractivity contribution in [1.29, 1.82) is 0 Å². The Morgan fingerprint density at radius 3 is 0.833 bits per heavy atom. The van der Waals surface area contributed by atoms with Gasteiger partial charge in [-0.1, -0.05) is 28.2 Å². The molecule has 18 heavy (non-hydrogen) atoms. The van der Waals surface area contributed by atoms with Crippen molar-refractivity contribution < 1.29 is 62.8 Å². The van der Waals surface area contributed by atoms with Gasteiger partial charge in [0.2, 0.25) is 0 Å². The van der Waals surface area contributed by atoms with E-state index < -0.39 is 0 Å². The summed E-state index contributed by atoms with van der Waals surface area (Å²) in [4.78, 5) is 0. The molecule has 0 rings (SSSR count). The van der Waals surface area contributed by atoms with Crippen molar-refractivity contribution >= 4 is 11.9 Å². The number of ether oxygens (including phenoxy) is 1. The molecular formula is C14H32OW3. The van der Waals surface area contributed by atoms with Gasteiger partial charge in [0.15, 0.2) is 0 Å². The monoisotopic (exact) mass is 768 g/mol. The summed E-state index contributed by atoms with van der Waals surface area (Å²) < 4.78 is 8.79. The van der Waals surface area contributed by atoms with Crippen LogP contribution in [0, 0.1) is 5.92 Å². The van der Waals surface area contributed by atoms with E-state index >= 15 is 0 Å². The van der Waals surface area contributed by atoms with Gasteiger partial charge in [-0.25, -0.2) is 0 Å². The summed E-state index contributed by atoms with van der Waals surface area (Å²) in [6.45, 7) is 16.9. The number of methoxy groups -OCH3 is 1. The van der Waals surface area contributed by atoms with Gasteiger partial charge in [0.1, 0.15) is 0 Å². The van der Waals surface area contributed by atoms with Crippen LogP contribution < -0.4 is 0 Å². The molecule has 0 amide bonds. The van der Waals surface area contributed by atoms with Crippen LogP contribution in [0.2, 0.25) is 0 Å². The molecule has 0 saturated carbocycles. The third-order valence-electron chi connectivity index (χ3n) is 0.287. The van der Waals surface area contributed by atoms with Gasteiger partial charge in [-0.15, -0.1) is 0 Å². The van der Waals surface area contributed by atoms with Crippen molar-refractivity contribution in [2.45, 2.75) is 62.8 Å². The van der Waals surface area contributed by atoms with E-state index in [1.807, 2.05) is 6.92 Å². The van der Waals surface area contributed by atoms with Crippen LogP contribution in [0.5, 0.6) is 0 Å². The molecule has 0 aliphatic rings. The molecule has 4 heteroatoms. The van der Waals surface area contributed by atoms with Crippen LogP contribution in [-0.2, 0) is 62.8 Å². The van der Waals surface area contributed by atoms with E-state index in [9.17, 15) is 0 Å². The Bertz CT molecular complexity index is 176. The van der Waals surface area contributed by atoms with E-state index in [2.05, 4.69) is 48.5 Å². The fourth-order valence-corrected chi connectivity index (χ4v) is 0. The summed E-state index contributed by atoms with van der Waals surface area (Å²) in [6.07, 6.45) is 0. The van der Waals surface area contributed by atoms with E-state index in [1.54, 1.807) is 45.8 Å². The van der Waals surface area contributed by atoms with Crippen LogP contribution in [0.4, 0.5) is 0 Å². The third kappa shape index (κ3) is 369. The summed E-state index contributed by atoms with van der Waals surface area (Å²) in [7, 11) is 1.68. The average molecular weight is 768 g/mol. The first kappa shape index (κ1) is 31.8. The van der Waals surface area contributed by atoms with Crippen LogP contribution in [-0.4, -0.2) is 19.0 Å². The van der Waals surface area contributed by atoms with E-state index in [0.717, 1.165) is 10.0 Å². The molecule has 0 atom stereocenters. The predicted octanol–water partition coefficient (Wildman–Crippen LogP) is 4.12. The van der Waals surface area contributed by atoms with Crippen LogP contribution in [0.25, 0.3) is 0 Å². The van der Waals surface area contributed by atoms with Crippen molar-refractivity contribution in [2.75, 3.05) is 7.11 Å². The molecule has 0 aliphatic carbocycles. The summed E-state index contributed by atoms with van der Waals surface area (Å²) in [5.74, 6) is 0.833. The maximum absolute atomic E-state index is 4.70. The Morgan fingerprint density at radius 1 is 0.778 bits per heavy atom. The minimum absolute atomic E-state index is 0. The molecule has 0 radical (unpaired) electrons. The molecule has 0 aromatic rings. The Balaban J connectivity index is -0.0000000412. The van der Waals surface area contributed by atoms with Crippen LogP contribution in [0.15, 0.2) is 0 Å². The van der Waals surface area contributed by atoms with Crippen molar-refractivity contribution in [3.05, 3.63) is 0 Å². The Labute approximate surface area is 149 Å². The SMILES string of the molecule is C.CC(C)C.CO[C](C)=[W].C[C](C)=[W].C[C](C)=[W]. The first-order valence-corrected chi connectivity index (χ1v) is 9.86. The molecule has 0 heterocycles. The molecule has 0 aliphatic heterocycles. The first-order chi connectivity index (χ1) is 7.47. The standard InChI is InChI=1S/C4H10.C3H6O.2C3H6.CH4.3W/c1-4(2)3;1-3-4-2;2*1-3-2;;;;/h4H,1-3H3;1-2H3;2*1-2H3;1H4;;;. The zero-order valence-corrected chi connectivity index (χ0v) is 21.5. The number of hydrogen-bond acceptors (Lipinski definition) is 1. The average Bonchev–Trinajstić information content (AvgIpc) is 2.00. The molecule has 0 unspecified atom stereocenters. The first-order valence-electron chi connectivity index (χ1n) is 5.46. The predicted molar refractivity (Wildman–Crippen MR) is 77.6 cm³/mol. The third-order valence-corrected chi connectivity index (χ3v) is 0.886. The molecule has 0 fully saturated rings.